The van der Waals surface area contributed by atoms with Crippen molar-refractivity contribution in [2.24, 2.45) is 5.92 Å². The summed E-state index contributed by atoms with van der Waals surface area (Å²) in [6.45, 7) is 0.749. The molecule has 1 fully saturated rings. The normalized spacial score (nSPS) is 16.9. The van der Waals surface area contributed by atoms with E-state index in [1.54, 1.807) is 18.2 Å². The van der Waals surface area contributed by atoms with Crippen LogP contribution in [0.25, 0.3) is 0 Å². The third-order valence-electron chi connectivity index (χ3n) is 4.12. The number of esters is 1. The van der Waals surface area contributed by atoms with Gasteiger partial charge < -0.3 is 19.5 Å². The molecule has 1 aliphatic heterocycles. The quantitative estimate of drug-likeness (QED) is 0.844. The summed E-state index contributed by atoms with van der Waals surface area (Å²) in [5.74, 6) is 1.03. The van der Waals surface area contributed by atoms with Crippen molar-refractivity contribution in [2.75, 3.05) is 25.1 Å². The van der Waals surface area contributed by atoms with Crippen molar-refractivity contribution in [3.05, 3.63) is 18.2 Å². The highest BCUT2D eigenvalue weighted by Crippen LogP contribution is 2.32. The van der Waals surface area contributed by atoms with Gasteiger partial charge in [-0.2, -0.15) is 0 Å². The number of carbonyl (C=O) groups is 2. The monoisotopic (exact) mass is 319 g/mol. The molecule has 0 spiro atoms. The molecule has 1 aromatic carbocycles. The Hall–Kier alpha value is -2.24. The van der Waals surface area contributed by atoms with E-state index in [-0.39, 0.29) is 18.5 Å². The van der Waals surface area contributed by atoms with E-state index < -0.39 is 0 Å². The average molecular weight is 319 g/mol. The van der Waals surface area contributed by atoms with Crippen LogP contribution >= 0.6 is 0 Å². The number of ether oxygens (including phenoxy) is 3. The molecule has 0 unspecified atom stereocenters. The molecule has 6 nitrogen and oxygen atoms in total. The van der Waals surface area contributed by atoms with Crippen molar-refractivity contribution >= 4 is 17.6 Å². The average Bonchev–Trinajstić information content (AvgIpc) is 3.06. The molecule has 0 saturated heterocycles. The van der Waals surface area contributed by atoms with Gasteiger partial charge in [-0.3, -0.25) is 9.59 Å². The molecule has 2 aliphatic rings. The minimum Gasteiger partial charge on any atom is -0.486 e. The summed E-state index contributed by atoms with van der Waals surface area (Å²) in [7, 11) is 0. The lowest BCUT2D eigenvalue weighted by molar-refractivity contribution is -0.148. The Labute approximate surface area is 135 Å². The molecular weight excluding hydrogens is 298 g/mol. The molecule has 1 amide bonds. The highest BCUT2D eigenvalue weighted by atomic mass is 16.6. The molecule has 1 saturated carbocycles. The number of nitrogens with one attached hydrogen (secondary N) is 1. The topological polar surface area (TPSA) is 73.9 Å². The Morgan fingerprint density at radius 1 is 1.13 bits per heavy atom. The summed E-state index contributed by atoms with van der Waals surface area (Å²) >= 11 is 0. The fraction of sp³-hybridized carbons (Fsp3) is 0.529. The second-order valence-electron chi connectivity index (χ2n) is 5.92. The van der Waals surface area contributed by atoms with Gasteiger partial charge in [0, 0.05) is 18.2 Å². The van der Waals surface area contributed by atoms with Gasteiger partial charge in [0.2, 0.25) is 0 Å². The molecular formula is C17H21NO5. The fourth-order valence-corrected chi connectivity index (χ4v) is 2.97. The van der Waals surface area contributed by atoms with E-state index in [9.17, 15) is 9.59 Å². The first-order valence-electron chi connectivity index (χ1n) is 8.06. The van der Waals surface area contributed by atoms with Gasteiger partial charge >= 0.3 is 5.97 Å². The first kappa shape index (κ1) is 15.6. The standard InChI is InChI=1S/C17H21NO5/c19-16(11-23-17(20)9-12-3-1-2-4-12)18-13-5-6-14-15(10-13)22-8-7-21-14/h5-6,10,12H,1-4,7-9,11H2,(H,18,19). The second kappa shape index (κ2) is 7.35. The predicted octanol–water partition coefficient (Wildman–Crippen LogP) is 2.52. The number of hydrogen-bond donors (Lipinski definition) is 1. The van der Waals surface area contributed by atoms with Gasteiger partial charge in [-0.1, -0.05) is 12.8 Å². The van der Waals surface area contributed by atoms with Crippen molar-refractivity contribution in [1.82, 2.24) is 0 Å². The zero-order valence-electron chi connectivity index (χ0n) is 13.0. The van der Waals surface area contributed by atoms with Gasteiger partial charge in [0.1, 0.15) is 13.2 Å². The van der Waals surface area contributed by atoms with Crippen LogP contribution in [0.15, 0.2) is 18.2 Å². The van der Waals surface area contributed by atoms with Crippen LogP contribution in [0.5, 0.6) is 11.5 Å². The van der Waals surface area contributed by atoms with Crippen LogP contribution in [0.3, 0.4) is 0 Å². The van der Waals surface area contributed by atoms with E-state index in [1.165, 1.54) is 12.8 Å². The van der Waals surface area contributed by atoms with E-state index in [4.69, 9.17) is 14.2 Å². The number of benzene rings is 1. The van der Waals surface area contributed by atoms with Gasteiger partial charge in [-0.15, -0.1) is 0 Å². The molecule has 1 aliphatic carbocycles. The lowest BCUT2D eigenvalue weighted by Crippen LogP contribution is -2.22. The first-order chi connectivity index (χ1) is 11.2. The predicted molar refractivity (Wildman–Crippen MR) is 83.6 cm³/mol. The maximum atomic E-state index is 11.9. The van der Waals surface area contributed by atoms with Crippen LogP contribution in [0.1, 0.15) is 32.1 Å². The Morgan fingerprint density at radius 3 is 2.65 bits per heavy atom. The Balaban J connectivity index is 1.44. The van der Waals surface area contributed by atoms with E-state index in [0.29, 0.717) is 42.7 Å². The molecule has 0 atom stereocenters. The lowest BCUT2D eigenvalue weighted by Gasteiger charge is -2.19. The van der Waals surface area contributed by atoms with Gasteiger partial charge in [0.25, 0.3) is 5.91 Å². The Kier molecular flexibility index (Phi) is 5.00. The summed E-state index contributed by atoms with van der Waals surface area (Å²) in [4.78, 5) is 23.6. The maximum absolute atomic E-state index is 11.9. The second-order valence-corrected chi connectivity index (χ2v) is 5.92. The van der Waals surface area contributed by atoms with E-state index in [2.05, 4.69) is 5.32 Å². The van der Waals surface area contributed by atoms with Gasteiger partial charge in [-0.25, -0.2) is 0 Å². The summed E-state index contributed by atoms with van der Waals surface area (Å²) in [6, 6.07) is 5.18. The molecule has 0 radical (unpaired) electrons. The third kappa shape index (κ3) is 4.37. The molecule has 1 heterocycles. The number of rotatable bonds is 5. The van der Waals surface area contributed by atoms with Crippen LogP contribution in [-0.4, -0.2) is 31.7 Å². The Bertz CT molecular complexity index is 580. The van der Waals surface area contributed by atoms with Crippen molar-refractivity contribution in [1.29, 1.82) is 0 Å². The largest absolute Gasteiger partial charge is 0.486 e. The molecule has 0 bridgehead atoms. The zero-order valence-corrected chi connectivity index (χ0v) is 13.0. The van der Waals surface area contributed by atoms with Gasteiger partial charge in [-0.05, 0) is 30.9 Å². The summed E-state index contributed by atoms with van der Waals surface area (Å²) in [6.07, 6.45) is 4.94. The van der Waals surface area contributed by atoms with Gasteiger partial charge in [0.15, 0.2) is 18.1 Å². The first-order valence-corrected chi connectivity index (χ1v) is 8.06. The minimum atomic E-state index is -0.360. The highest BCUT2D eigenvalue weighted by molar-refractivity contribution is 5.93. The fourth-order valence-electron chi connectivity index (χ4n) is 2.97. The van der Waals surface area contributed by atoms with E-state index >= 15 is 0 Å². The van der Waals surface area contributed by atoms with Crippen LogP contribution in [-0.2, 0) is 14.3 Å². The van der Waals surface area contributed by atoms with Gasteiger partial charge in [0.05, 0.1) is 0 Å². The molecule has 1 N–H and O–H groups in total. The Morgan fingerprint density at radius 2 is 1.87 bits per heavy atom. The summed E-state index contributed by atoms with van der Waals surface area (Å²) in [5.41, 5.74) is 0.589. The van der Waals surface area contributed by atoms with Crippen molar-refractivity contribution in [3.8, 4) is 11.5 Å². The molecule has 1 aromatic rings. The smallest absolute Gasteiger partial charge is 0.306 e. The van der Waals surface area contributed by atoms with Crippen LogP contribution < -0.4 is 14.8 Å². The molecule has 3 rings (SSSR count). The SMILES string of the molecule is O=C(COC(=O)CC1CCCC1)Nc1ccc2c(c1)OCCO2. The zero-order chi connectivity index (χ0) is 16.1. The van der Waals surface area contributed by atoms with Crippen LogP contribution in [0.2, 0.25) is 0 Å². The van der Waals surface area contributed by atoms with Crippen LogP contribution in [0, 0.1) is 5.92 Å². The van der Waals surface area contributed by atoms with Crippen LogP contribution in [0.4, 0.5) is 5.69 Å². The number of amides is 1. The van der Waals surface area contributed by atoms with Crippen molar-refractivity contribution < 1.29 is 23.8 Å². The lowest BCUT2D eigenvalue weighted by atomic mass is 10.1. The summed E-state index contributed by atoms with van der Waals surface area (Å²) in [5, 5.41) is 2.69. The number of hydrogen-bond acceptors (Lipinski definition) is 5. The number of fused-ring (bicyclic) bond motifs is 1. The highest BCUT2D eigenvalue weighted by Gasteiger charge is 2.20. The molecule has 6 heteroatoms. The summed E-state index contributed by atoms with van der Waals surface area (Å²) < 4.78 is 15.9. The maximum Gasteiger partial charge on any atom is 0.306 e. The van der Waals surface area contributed by atoms with Crippen molar-refractivity contribution in [2.45, 2.75) is 32.1 Å². The van der Waals surface area contributed by atoms with E-state index in [1.807, 2.05) is 0 Å². The minimum absolute atomic E-state index is 0.264. The third-order valence-corrected chi connectivity index (χ3v) is 4.12. The molecule has 0 aromatic heterocycles. The number of anilines is 1. The van der Waals surface area contributed by atoms with Crippen molar-refractivity contribution in [3.63, 3.8) is 0 Å². The number of carbonyl (C=O) groups excluding carboxylic acids is 2. The molecule has 124 valence electrons. The molecule has 23 heavy (non-hydrogen) atoms. The van der Waals surface area contributed by atoms with E-state index in [0.717, 1.165) is 12.8 Å².